The van der Waals surface area contributed by atoms with E-state index in [1.54, 1.807) is 31.4 Å². The molecule has 0 aliphatic heterocycles. The maximum atomic E-state index is 12.2. The number of amides is 1. The molecule has 4 heteroatoms. The average molecular weight is 319 g/mol. The highest BCUT2D eigenvalue weighted by Gasteiger charge is 2.13. The van der Waals surface area contributed by atoms with Crippen molar-refractivity contribution in [3.63, 3.8) is 0 Å². The number of fused-ring (bicyclic) bond motifs is 1. The van der Waals surface area contributed by atoms with Crippen molar-refractivity contribution >= 4 is 28.2 Å². The van der Waals surface area contributed by atoms with Crippen molar-refractivity contribution < 1.29 is 14.3 Å². The predicted molar refractivity (Wildman–Crippen MR) is 94.5 cm³/mol. The Balaban J connectivity index is 1.71. The predicted octanol–water partition coefficient (Wildman–Crippen LogP) is 4.06. The molecule has 3 aromatic rings. The van der Waals surface area contributed by atoms with Crippen molar-refractivity contribution in [3.05, 3.63) is 72.3 Å². The van der Waals surface area contributed by atoms with Gasteiger partial charge in [0.15, 0.2) is 5.78 Å². The van der Waals surface area contributed by atoms with Gasteiger partial charge in [-0.3, -0.25) is 9.59 Å². The number of nitrogens with one attached hydrogen (secondary N) is 1. The van der Waals surface area contributed by atoms with Crippen LogP contribution in [0.3, 0.4) is 0 Å². The lowest BCUT2D eigenvalue weighted by molar-refractivity contribution is -0.115. The van der Waals surface area contributed by atoms with Crippen molar-refractivity contribution in [2.75, 3.05) is 12.4 Å². The fourth-order valence-corrected chi connectivity index (χ4v) is 2.55. The van der Waals surface area contributed by atoms with Crippen LogP contribution in [0.15, 0.2) is 66.7 Å². The van der Waals surface area contributed by atoms with Gasteiger partial charge in [0.05, 0.1) is 13.5 Å². The van der Waals surface area contributed by atoms with Gasteiger partial charge in [0.2, 0.25) is 5.91 Å². The van der Waals surface area contributed by atoms with E-state index in [9.17, 15) is 9.59 Å². The molecule has 4 nitrogen and oxygen atoms in total. The van der Waals surface area contributed by atoms with E-state index in [1.165, 1.54) is 0 Å². The number of hydrogen-bond acceptors (Lipinski definition) is 3. The normalized spacial score (nSPS) is 10.4. The second-order valence-electron chi connectivity index (χ2n) is 5.40. The Labute approximate surface area is 140 Å². The highest BCUT2D eigenvalue weighted by Crippen LogP contribution is 2.23. The summed E-state index contributed by atoms with van der Waals surface area (Å²) in [6, 6.07) is 20.2. The molecular formula is C20H17NO3. The van der Waals surface area contributed by atoms with Gasteiger partial charge in [-0.15, -0.1) is 0 Å². The van der Waals surface area contributed by atoms with E-state index in [0.29, 0.717) is 17.0 Å². The molecule has 0 radical (unpaired) electrons. The largest absolute Gasteiger partial charge is 0.497 e. The van der Waals surface area contributed by atoms with Gasteiger partial charge in [-0.05, 0) is 35.7 Å². The van der Waals surface area contributed by atoms with E-state index >= 15 is 0 Å². The van der Waals surface area contributed by atoms with Gasteiger partial charge < -0.3 is 10.1 Å². The Morgan fingerprint density at radius 1 is 0.917 bits per heavy atom. The number of ether oxygens (including phenoxy) is 1. The third kappa shape index (κ3) is 3.43. The SMILES string of the molecule is COc1ccc(C(=O)CC(=O)Nc2cccc3ccccc23)cc1. The van der Waals surface area contributed by atoms with Gasteiger partial charge >= 0.3 is 0 Å². The first-order chi connectivity index (χ1) is 11.7. The summed E-state index contributed by atoms with van der Waals surface area (Å²) in [5.41, 5.74) is 1.20. The fourth-order valence-electron chi connectivity index (χ4n) is 2.55. The number of methoxy groups -OCH3 is 1. The molecule has 24 heavy (non-hydrogen) atoms. The lowest BCUT2D eigenvalue weighted by Crippen LogP contribution is -2.16. The van der Waals surface area contributed by atoms with Gasteiger partial charge in [-0.2, -0.15) is 0 Å². The van der Waals surface area contributed by atoms with Crippen LogP contribution in [-0.2, 0) is 4.79 Å². The number of carbonyl (C=O) groups excluding carboxylic acids is 2. The molecule has 0 aromatic heterocycles. The van der Waals surface area contributed by atoms with Gasteiger partial charge in [0.25, 0.3) is 0 Å². The Morgan fingerprint density at radius 3 is 2.38 bits per heavy atom. The molecule has 120 valence electrons. The molecule has 3 aromatic carbocycles. The molecule has 1 N–H and O–H groups in total. The first-order valence-electron chi connectivity index (χ1n) is 7.62. The highest BCUT2D eigenvalue weighted by atomic mass is 16.5. The van der Waals surface area contributed by atoms with E-state index in [4.69, 9.17) is 4.74 Å². The number of benzene rings is 3. The minimum atomic E-state index is -0.327. The summed E-state index contributed by atoms with van der Waals surface area (Å²) in [5.74, 6) is 0.120. The number of hydrogen-bond donors (Lipinski definition) is 1. The van der Waals surface area contributed by atoms with E-state index in [-0.39, 0.29) is 18.1 Å². The Hall–Kier alpha value is -3.14. The quantitative estimate of drug-likeness (QED) is 0.570. The molecule has 0 aliphatic rings. The lowest BCUT2D eigenvalue weighted by Gasteiger charge is -2.08. The average Bonchev–Trinajstić information content (AvgIpc) is 2.62. The van der Waals surface area contributed by atoms with Gasteiger partial charge in [0, 0.05) is 16.6 Å². The minimum Gasteiger partial charge on any atom is -0.497 e. The number of rotatable bonds is 5. The van der Waals surface area contributed by atoms with Crippen molar-refractivity contribution in [2.24, 2.45) is 0 Å². The van der Waals surface area contributed by atoms with E-state index in [1.807, 2.05) is 42.5 Å². The first-order valence-corrected chi connectivity index (χ1v) is 7.62. The summed E-state index contributed by atoms with van der Waals surface area (Å²) in [7, 11) is 1.56. The summed E-state index contributed by atoms with van der Waals surface area (Å²) in [6.45, 7) is 0. The zero-order valence-corrected chi connectivity index (χ0v) is 13.3. The number of Topliss-reactive ketones (excluding diaryl/α,β-unsaturated/α-hetero) is 1. The summed E-state index contributed by atoms with van der Waals surface area (Å²) >= 11 is 0. The zero-order valence-electron chi connectivity index (χ0n) is 13.3. The maximum Gasteiger partial charge on any atom is 0.232 e. The summed E-state index contributed by atoms with van der Waals surface area (Å²) in [6.07, 6.45) is -0.199. The van der Waals surface area contributed by atoms with Gasteiger partial charge in [0.1, 0.15) is 5.75 Å². The smallest absolute Gasteiger partial charge is 0.232 e. The van der Waals surface area contributed by atoms with Crippen LogP contribution in [0, 0.1) is 0 Å². The van der Waals surface area contributed by atoms with Crippen LogP contribution in [0.2, 0.25) is 0 Å². The van der Waals surface area contributed by atoms with Crippen LogP contribution in [-0.4, -0.2) is 18.8 Å². The standard InChI is InChI=1S/C20H17NO3/c1-24-16-11-9-15(10-12-16)19(22)13-20(23)21-18-8-4-6-14-5-2-3-7-17(14)18/h2-12H,13H2,1H3,(H,21,23). The lowest BCUT2D eigenvalue weighted by atomic mass is 10.1. The van der Waals surface area contributed by atoms with Crippen LogP contribution in [0.1, 0.15) is 16.8 Å². The van der Waals surface area contributed by atoms with Crippen molar-refractivity contribution in [1.29, 1.82) is 0 Å². The maximum absolute atomic E-state index is 12.2. The highest BCUT2D eigenvalue weighted by molar-refractivity contribution is 6.12. The van der Waals surface area contributed by atoms with Crippen molar-refractivity contribution in [3.8, 4) is 5.75 Å². The van der Waals surface area contributed by atoms with Crippen molar-refractivity contribution in [1.82, 2.24) is 0 Å². The molecule has 0 aliphatic carbocycles. The van der Waals surface area contributed by atoms with Gasteiger partial charge in [-0.1, -0.05) is 36.4 Å². The van der Waals surface area contributed by atoms with Gasteiger partial charge in [-0.25, -0.2) is 0 Å². The Bertz CT molecular complexity index is 880. The second-order valence-corrected chi connectivity index (χ2v) is 5.40. The van der Waals surface area contributed by atoms with E-state index in [0.717, 1.165) is 10.8 Å². The molecule has 3 rings (SSSR count). The summed E-state index contributed by atoms with van der Waals surface area (Å²) in [5, 5.41) is 4.81. The molecule has 0 saturated heterocycles. The third-order valence-corrected chi connectivity index (χ3v) is 3.80. The topological polar surface area (TPSA) is 55.4 Å². The monoisotopic (exact) mass is 319 g/mol. The van der Waals surface area contributed by atoms with E-state index in [2.05, 4.69) is 5.32 Å². The molecule has 0 fully saturated rings. The minimum absolute atomic E-state index is 0.199. The molecule has 0 saturated carbocycles. The second kappa shape index (κ2) is 6.96. The first kappa shape index (κ1) is 15.7. The molecule has 0 spiro atoms. The van der Waals surface area contributed by atoms with E-state index < -0.39 is 0 Å². The molecule has 0 heterocycles. The van der Waals surface area contributed by atoms with Crippen LogP contribution in [0.25, 0.3) is 10.8 Å². The molecule has 1 amide bonds. The molecular weight excluding hydrogens is 302 g/mol. The number of carbonyl (C=O) groups is 2. The summed E-state index contributed by atoms with van der Waals surface area (Å²) in [4.78, 5) is 24.4. The summed E-state index contributed by atoms with van der Waals surface area (Å²) < 4.78 is 5.06. The van der Waals surface area contributed by atoms with Crippen LogP contribution >= 0.6 is 0 Å². The zero-order chi connectivity index (χ0) is 16.9. The van der Waals surface area contributed by atoms with Crippen LogP contribution in [0.5, 0.6) is 5.75 Å². The van der Waals surface area contributed by atoms with Crippen LogP contribution < -0.4 is 10.1 Å². The Morgan fingerprint density at radius 2 is 1.62 bits per heavy atom. The third-order valence-electron chi connectivity index (χ3n) is 3.80. The number of anilines is 1. The van der Waals surface area contributed by atoms with Crippen molar-refractivity contribution in [2.45, 2.75) is 6.42 Å². The van der Waals surface area contributed by atoms with Crippen LogP contribution in [0.4, 0.5) is 5.69 Å². The molecule has 0 unspecified atom stereocenters. The number of ketones is 1. The fraction of sp³-hybridized carbons (Fsp3) is 0.100. The molecule has 0 bridgehead atoms. The Kier molecular flexibility index (Phi) is 4.57. The molecule has 0 atom stereocenters.